The van der Waals surface area contributed by atoms with Gasteiger partial charge in [0.15, 0.2) is 11.6 Å². The van der Waals surface area contributed by atoms with E-state index in [2.05, 4.69) is 9.89 Å². The van der Waals surface area contributed by atoms with E-state index < -0.39 is 40.3 Å². The first-order chi connectivity index (χ1) is 15.4. The van der Waals surface area contributed by atoms with E-state index in [4.69, 9.17) is 9.47 Å². The number of carbonyl (C=O) groups is 1. The molecule has 1 heterocycles. The van der Waals surface area contributed by atoms with E-state index in [1.54, 1.807) is 19.1 Å². The molecule has 9 heteroatoms. The summed E-state index contributed by atoms with van der Waals surface area (Å²) >= 11 is 0. The van der Waals surface area contributed by atoms with Crippen LogP contribution in [0.5, 0.6) is 0 Å². The third-order valence-corrected chi connectivity index (χ3v) is 4.80. The Bertz CT molecular complexity index is 1020. The molecule has 0 aliphatic carbocycles. The van der Waals surface area contributed by atoms with Crippen LogP contribution in [0.4, 0.5) is 18.9 Å². The van der Waals surface area contributed by atoms with Crippen molar-refractivity contribution in [3.05, 3.63) is 70.5 Å². The first-order valence-corrected chi connectivity index (χ1v) is 10.1. The van der Waals surface area contributed by atoms with Crippen molar-refractivity contribution < 1.29 is 32.5 Å². The Morgan fingerprint density at radius 2 is 1.78 bits per heavy atom. The molecular formula is C23H23F3N2O4. The molecule has 0 aromatic heterocycles. The SMILES string of the molecule is CCOC(=O)C(C=Nc1ccc(CN2CCOCC2)cc1)=C(O)c1cc(F)c(F)cc1F. The highest BCUT2D eigenvalue weighted by Gasteiger charge is 2.21. The largest absolute Gasteiger partial charge is 0.506 e. The molecular weight excluding hydrogens is 425 g/mol. The Labute approximate surface area is 183 Å². The van der Waals surface area contributed by atoms with Gasteiger partial charge in [-0.1, -0.05) is 12.1 Å². The molecule has 2 aromatic carbocycles. The van der Waals surface area contributed by atoms with E-state index in [1.807, 2.05) is 12.1 Å². The van der Waals surface area contributed by atoms with Crippen LogP contribution in [0.15, 0.2) is 47.0 Å². The molecule has 2 aromatic rings. The minimum Gasteiger partial charge on any atom is -0.506 e. The summed E-state index contributed by atoms with van der Waals surface area (Å²) in [6.07, 6.45) is 1.00. The van der Waals surface area contributed by atoms with Crippen molar-refractivity contribution in [2.45, 2.75) is 13.5 Å². The van der Waals surface area contributed by atoms with Gasteiger partial charge in [0.25, 0.3) is 0 Å². The van der Waals surface area contributed by atoms with Crippen LogP contribution in [0, 0.1) is 17.5 Å². The molecule has 1 saturated heterocycles. The van der Waals surface area contributed by atoms with Crippen LogP contribution < -0.4 is 0 Å². The molecule has 3 rings (SSSR count). The van der Waals surface area contributed by atoms with Crippen LogP contribution >= 0.6 is 0 Å². The van der Waals surface area contributed by atoms with E-state index >= 15 is 0 Å². The number of benzene rings is 2. The minimum atomic E-state index is -1.41. The third-order valence-electron chi connectivity index (χ3n) is 4.80. The predicted molar refractivity (Wildman–Crippen MR) is 113 cm³/mol. The zero-order chi connectivity index (χ0) is 23.1. The fourth-order valence-electron chi connectivity index (χ4n) is 3.11. The van der Waals surface area contributed by atoms with Gasteiger partial charge >= 0.3 is 5.97 Å². The monoisotopic (exact) mass is 448 g/mol. The van der Waals surface area contributed by atoms with E-state index in [9.17, 15) is 23.1 Å². The molecule has 0 amide bonds. The molecule has 1 N–H and O–H groups in total. The van der Waals surface area contributed by atoms with Crippen LogP contribution in [0.3, 0.4) is 0 Å². The quantitative estimate of drug-likeness (QED) is 0.226. The summed E-state index contributed by atoms with van der Waals surface area (Å²) in [7, 11) is 0. The zero-order valence-corrected chi connectivity index (χ0v) is 17.5. The molecule has 6 nitrogen and oxygen atoms in total. The average Bonchev–Trinajstić information content (AvgIpc) is 2.78. The van der Waals surface area contributed by atoms with Crippen molar-refractivity contribution in [1.82, 2.24) is 4.90 Å². The Kier molecular flexibility index (Phi) is 8.02. The lowest BCUT2D eigenvalue weighted by atomic mass is 10.1. The van der Waals surface area contributed by atoms with Crippen molar-refractivity contribution in [2.75, 3.05) is 32.9 Å². The van der Waals surface area contributed by atoms with Gasteiger partial charge in [-0.15, -0.1) is 0 Å². The molecule has 1 fully saturated rings. The number of ether oxygens (including phenoxy) is 2. The highest BCUT2D eigenvalue weighted by molar-refractivity contribution is 6.15. The molecule has 0 unspecified atom stereocenters. The van der Waals surface area contributed by atoms with Crippen LogP contribution in [0.1, 0.15) is 18.1 Å². The number of nitrogens with zero attached hydrogens (tertiary/aromatic N) is 2. The summed E-state index contributed by atoms with van der Waals surface area (Å²) in [5.41, 5.74) is 0.364. The van der Waals surface area contributed by atoms with Crippen LogP contribution in [0.2, 0.25) is 0 Å². The number of hydrogen-bond donors (Lipinski definition) is 1. The fourth-order valence-corrected chi connectivity index (χ4v) is 3.11. The molecule has 1 aliphatic heterocycles. The summed E-state index contributed by atoms with van der Waals surface area (Å²) < 4.78 is 51.1. The summed E-state index contributed by atoms with van der Waals surface area (Å²) in [4.78, 5) is 18.7. The normalized spacial score (nSPS) is 15.6. The van der Waals surface area contributed by atoms with Gasteiger partial charge in [0, 0.05) is 31.9 Å². The Balaban J connectivity index is 1.84. The van der Waals surface area contributed by atoms with Crippen LogP contribution in [-0.2, 0) is 20.8 Å². The van der Waals surface area contributed by atoms with Crippen molar-refractivity contribution in [3.63, 3.8) is 0 Å². The highest BCUT2D eigenvalue weighted by Crippen LogP contribution is 2.23. The molecule has 32 heavy (non-hydrogen) atoms. The van der Waals surface area contributed by atoms with Gasteiger partial charge in [-0.3, -0.25) is 9.89 Å². The van der Waals surface area contributed by atoms with Gasteiger partial charge in [0.05, 0.1) is 31.1 Å². The van der Waals surface area contributed by atoms with Gasteiger partial charge in [-0.25, -0.2) is 18.0 Å². The lowest BCUT2D eigenvalue weighted by molar-refractivity contribution is -0.137. The number of esters is 1. The fraction of sp³-hybridized carbons (Fsp3) is 0.304. The maximum Gasteiger partial charge on any atom is 0.343 e. The second-order valence-corrected chi connectivity index (χ2v) is 7.04. The summed E-state index contributed by atoms with van der Waals surface area (Å²) in [5.74, 6) is -5.91. The number of morpholine rings is 1. The van der Waals surface area contributed by atoms with Crippen molar-refractivity contribution in [1.29, 1.82) is 0 Å². The standard InChI is InChI=1S/C23H23F3N2O4/c1-2-32-23(30)18(22(29)17-11-20(25)21(26)12-19(17)24)13-27-16-5-3-15(4-6-16)14-28-7-9-31-10-8-28/h3-6,11-13,29H,2,7-10,14H2,1H3. The third kappa shape index (κ3) is 5.95. The van der Waals surface area contributed by atoms with E-state index in [0.717, 1.165) is 31.4 Å². The van der Waals surface area contributed by atoms with Gasteiger partial charge in [-0.2, -0.15) is 0 Å². The summed E-state index contributed by atoms with van der Waals surface area (Å²) in [5, 5.41) is 10.4. The second kappa shape index (κ2) is 10.9. The lowest BCUT2D eigenvalue weighted by Gasteiger charge is -2.26. The van der Waals surface area contributed by atoms with E-state index in [0.29, 0.717) is 25.0 Å². The maximum absolute atomic E-state index is 14.1. The van der Waals surface area contributed by atoms with Gasteiger partial charge in [0.2, 0.25) is 0 Å². The Morgan fingerprint density at radius 3 is 2.44 bits per heavy atom. The number of aliphatic imine (C=N–C) groups is 1. The highest BCUT2D eigenvalue weighted by atomic mass is 19.2. The van der Waals surface area contributed by atoms with Crippen LogP contribution in [0.25, 0.3) is 5.76 Å². The van der Waals surface area contributed by atoms with E-state index in [-0.39, 0.29) is 12.7 Å². The number of aliphatic hydroxyl groups excluding tert-OH is 1. The zero-order valence-electron chi connectivity index (χ0n) is 17.5. The van der Waals surface area contributed by atoms with Gasteiger partial charge in [0.1, 0.15) is 17.1 Å². The second-order valence-electron chi connectivity index (χ2n) is 7.04. The molecule has 0 spiro atoms. The first kappa shape index (κ1) is 23.5. The Morgan fingerprint density at radius 1 is 1.12 bits per heavy atom. The molecule has 0 bridgehead atoms. The predicted octanol–water partition coefficient (Wildman–Crippen LogP) is 4.17. The van der Waals surface area contributed by atoms with Crippen molar-refractivity contribution >= 4 is 23.6 Å². The Hall–Kier alpha value is -3.17. The lowest BCUT2D eigenvalue weighted by Crippen LogP contribution is -2.35. The smallest absolute Gasteiger partial charge is 0.343 e. The average molecular weight is 448 g/mol. The number of rotatable bonds is 7. The number of carbonyl (C=O) groups excluding carboxylic acids is 1. The molecule has 1 aliphatic rings. The number of aliphatic hydroxyl groups is 1. The van der Waals surface area contributed by atoms with Gasteiger partial charge < -0.3 is 14.6 Å². The molecule has 170 valence electrons. The van der Waals surface area contributed by atoms with E-state index in [1.165, 1.54) is 0 Å². The first-order valence-electron chi connectivity index (χ1n) is 10.1. The molecule has 0 atom stereocenters. The molecule has 0 radical (unpaired) electrons. The minimum absolute atomic E-state index is 0.0139. The molecule has 0 saturated carbocycles. The topological polar surface area (TPSA) is 71.4 Å². The number of halogens is 3. The van der Waals surface area contributed by atoms with Gasteiger partial charge in [-0.05, 0) is 30.7 Å². The number of hydrogen-bond acceptors (Lipinski definition) is 6. The van der Waals surface area contributed by atoms with Crippen molar-refractivity contribution in [2.24, 2.45) is 4.99 Å². The summed E-state index contributed by atoms with van der Waals surface area (Å²) in [6.45, 7) is 5.41. The maximum atomic E-state index is 14.1. The van der Waals surface area contributed by atoms with Crippen molar-refractivity contribution in [3.8, 4) is 0 Å². The summed E-state index contributed by atoms with van der Waals surface area (Å²) in [6, 6.07) is 7.96. The van der Waals surface area contributed by atoms with Crippen LogP contribution in [-0.4, -0.2) is 55.1 Å².